The van der Waals surface area contributed by atoms with Gasteiger partial charge >= 0.3 is 0 Å². The quantitative estimate of drug-likeness (QED) is 0.753. The molecule has 0 radical (unpaired) electrons. The molecule has 2 N–H and O–H groups in total. The van der Waals surface area contributed by atoms with Crippen molar-refractivity contribution in [2.75, 3.05) is 0 Å². The first-order valence-electron chi connectivity index (χ1n) is 6.46. The second-order valence-corrected chi connectivity index (χ2v) is 5.97. The average Bonchev–Trinajstić information content (AvgIpc) is 2.97. The number of nitrogens with zero attached hydrogens (tertiary/aromatic N) is 2. The fraction of sp³-hybridized carbons (Fsp3) is 0.0625. The van der Waals surface area contributed by atoms with Crippen LogP contribution in [0.4, 0.5) is 0 Å². The molecule has 0 aliphatic heterocycles. The van der Waals surface area contributed by atoms with E-state index in [0.29, 0.717) is 5.02 Å². The highest BCUT2D eigenvalue weighted by Crippen LogP contribution is 2.29. The summed E-state index contributed by atoms with van der Waals surface area (Å²) in [5.41, 5.74) is 9.13. The molecule has 1 unspecified atom stereocenters. The van der Waals surface area contributed by atoms with Gasteiger partial charge in [-0.1, -0.05) is 51.8 Å². The third-order valence-corrected chi connectivity index (χ3v) is 4.11. The lowest BCUT2D eigenvalue weighted by atomic mass is 10.0. The van der Waals surface area contributed by atoms with E-state index in [2.05, 4.69) is 21.0 Å². The van der Waals surface area contributed by atoms with Gasteiger partial charge in [0.2, 0.25) is 0 Å². The highest BCUT2D eigenvalue weighted by atomic mass is 79.9. The van der Waals surface area contributed by atoms with Crippen molar-refractivity contribution in [3.63, 3.8) is 0 Å². The first kappa shape index (κ1) is 14.3. The Morgan fingerprint density at radius 1 is 1.10 bits per heavy atom. The van der Waals surface area contributed by atoms with Crippen LogP contribution in [-0.4, -0.2) is 9.78 Å². The first-order valence-corrected chi connectivity index (χ1v) is 7.64. The molecule has 3 nitrogen and oxygen atoms in total. The Morgan fingerprint density at radius 3 is 2.57 bits per heavy atom. The van der Waals surface area contributed by atoms with Gasteiger partial charge in [-0.05, 0) is 35.9 Å². The molecule has 0 spiro atoms. The topological polar surface area (TPSA) is 43.8 Å². The second kappa shape index (κ2) is 6.02. The van der Waals surface area contributed by atoms with E-state index in [9.17, 15) is 0 Å². The second-order valence-electron chi connectivity index (χ2n) is 4.65. The Balaban J connectivity index is 2.03. The van der Waals surface area contributed by atoms with Gasteiger partial charge in [-0.2, -0.15) is 5.10 Å². The van der Waals surface area contributed by atoms with Gasteiger partial charge in [0, 0.05) is 15.7 Å². The maximum Gasteiger partial charge on any atom is 0.0742 e. The molecular weight excluding hydrogens is 350 g/mol. The molecule has 0 fully saturated rings. The fourth-order valence-corrected chi connectivity index (χ4v) is 3.04. The summed E-state index contributed by atoms with van der Waals surface area (Å²) in [5.74, 6) is 0. The summed E-state index contributed by atoms with van der Waals surface area (Å²) in [4.78, 5) is 0. The predicted molar refractivity (Wildman–Crippen MR) is 88.7 cm³/mol. The summed E-state index contributed by atoms with van der Waals surface area (Å²) in [6, 6.07) is 17.2. The summed E-state index contributed by atoms with van der Waals surface area (Å²) < 4.78 is 2.77. The Bertz CT molecular complexity index is 755. The van der Waals surface area contributed by atoms with Crippen molar-refractivity contribution in [3.8, 4) is 5.69 Å². The van der Waals surface area contributed by atoms with Gasteiger partial charge in [0.05, 0.1) is 17.4 Å². The average molecular weight is 363 g/mol. The van der Waals surface area contributed by atoms with E-state index < -0.39 is 0 Å². The van der Waals surface area contributed by atoms with Crippen LogP contribution >= 0.6 is 27.5 Å². The largest absolute Gasteiger partial charge is 0.319 e. The van der Waals surface area contributed by atoms with E-state index in [1.54, 1.807) is 6.20 Å². The number of nitrogens with two attached hydrogens (primary N) is 1. The standard InChI is InChI=1S/C16H13BrClN3/c17-11-6-7-13(14(18)10-11)16(19)15-8-9-20-21(15)12-4-2-1-3-5-12/h1-10,16H,19H2. The van der Waals surface area contributed by atoms with E-state index in [1.165, 1.54) is 0 Å². The Morgan fingerprint density at radius 2 is 1.86 bits per heavy atom. The molecule has 1 heterocycles. The highest BCUT2D eigenvalue weighted by molar-refractivity contribution is 9.10. The number of para-hydroxylation sites is 1. The molecule has 0 aliphatic rings. The van der Waals surface area contributed by atoms with Crippen molar-refractivity contribution >= 4 is 27.5 Å². The maximum atomic E-state index is 6.39. The van der Waals surface area contributed by atoms with E-state index in [4.69, 9.17) is 17.3 Å². The molecule has 3 aromatic rings. The summed E-state index contributed by atoms with van der Waals surface area (Å²) >= 11 is 9.70. The summed E-state index contributed by atoms with van der Waals surface area (Å²) in [5, 5.41) is 5.00. The van der Waals surface area contributed by atoms with Crippen LogP contribution < -0.4 is 5.73 Å². The summed E-state index contributed by atoms with van der Waals surface area (Å²) in [6.45, 7) is 0. The molecule has 1 atom stereocenters. The molecular formula is C16H13BrClN3. The molecule has 2 aromatic carbocycles. The molecule has 0 bridgehead atoms. The SMILES string of the molecule is NC(c1ccc(Br)cc1Cl)c1ccnn1-c1ccccc1. The molecule has 0 saturated carbocycles. The van der Waals surface area contributed by atoms with Crippen molar-refractivity contribution in [3.05, 3.63) is 81.5 Å². The minimum atomic E-state index is -0.340. The smallest absolute Gasteiger partial charge is 0.0742 e. The van der Waals surface area contributed by atoms with E-state index in [0.717, 1.165) is 21.4 Å². The Kier molecular flexibility index (Phi) is 4.10. The van der Waals surface area contributed by atoms with E-state index in [-0.39, 0.29) is 6.04 Å². The Hall–Kier alpha value is -1.62. The highest BCUT2D eigenvalue weighted by Gasteiger charge is 2.17. The van der Waals surface area contributed by atoms with Gasteiger partial charge in [-0.25, -0.2) is 4.68 Å². The van der Waals surface area contributed by atoms with Gasteiger partial charge < -0.3 is 5.73 Å². The van der Waals surface area contributed by atoms with Gasteiger partial charge in [0.25, 0.3) is 0 Å². The van der Waals surface area contributed by atoms with E-state index in [1.807, 2.05) is 59.3 Å². The molecule has 5 heteroatoms. The van der Waals surface area contributed by atoms with Crippen molar-refractivity contribution in [1.82, 2.24) is 9.78 Å². The van der Waals surface area contributed by atoms with E-state index >= 15 is 0 Å². The summed E-state index contributed by atoms with van der Waals surface area (Å²) in [6.07, 6.45) is 1.74. The number of halogens is 2. The van der Waals surface area contributed by atoms with Gasteiger partial charge in [-0.3, -0.25) is 0 Å². The lowest BCUT2D eigenvalue weighted by molar-refractivity contribution is 0.739. The molecule has 21 heavy (non-hydrogen) atoms. The number of aromatic nitrogens is 2. The Labute approximate surface area is 136 Å². The first-order chi connectivity index (χ1) is 10.2. The number of rotatable bonds is 3. The minimum absolute atomic E-state index is 0.340. The number of hydrogen-bond acceptors (Lipinski definition) is 2. The van der Waals surface area contributed by atoms with Crippen LogP contribution in [0.2, 0.25) is 5.02 Å². The molecule has 3 rings (SSSR count). The maximum absolute atomic E-state index is 6.39. The lowest BCUT2D eigenvalue weighted by Gasteiger charge is -2.16. The van der Waals surface area contributed by atoms with Crippen LogP contribution in [0, 0.1) is 0 Å². The zero-order valence-corrected chi connectivity index (χ0v) is 13.4. The van der Waals surface area contributed by atoms with Crippen LogP contribution in [0.3, 0.4) is 0 Å². The van der Waals surface area contributed by atoms with Crippen LogP contribution in [0.5, 0.6) is 0 Å². The van der Waals surface area contributed by atoms with Crippen molar-refractivity contribution < 1.29 is 0 Å². The number of benzene rings is 2. The van der Waals surface area contributed by atoms with Crippen LogP contribution in [0.15, 0.2) is 65.3 Å². The van der Waals surface area contributed by atoms with Gasteiger partial charge in [0.1, 0.15) is 0 Å². The molecule has 0 aliphatic carbocycles. The van der Waals surface area contributed by atoms with Crippen molar-refractivity contribution in [2.45, 2.75) is 6.04 Å². The third-order valence-electron chi connectivity index (χ3n) is 3.29. The van der Waals surface area contributed by atoms with Gasteiger partial charge in [-0.15, -0.1) is 0 Å². The summed E-state index contributed by atoms with van der Waals surface area (Å²) in [7, 11) is 0. The molecule has 1 aromatic heterocycles. The van der Waals surface area contributed by atoms with Crippen LogP contribution in [0.25, 0.3) is 5.69 Å². The number of hydrogen-bond donors (Lipinski definition) is 1. The molecule has 0 saturated heterocycles. The zero-order valence-electron chi connectivity index (χ0n) is 11.1. The zero-order chi connectivity index (χ0) is 14.8. The lowest BCUT2D eigenvalue weighted by Crippen LogP contribution is -2.17. The molecule has 106 valence electrons. The van der Waals surface area contributed by atoms with Crippen LogP contribution in [0.1, 0.15) is 17.3 Å². The normalized spacial score (nSPS) is 12.3. The van der Waals surface area contributed by atoms with Crippen LogP contribution in [-0.2, 0) is 0 Å². The van der Waals surface area contributed by atoms with Gasteiger partial charge in [0.15, 0.2) is 0 Å². The predicted octanol–water partition coefficient (Wildman–Crippen LogP) is 4.34. The molecule has 0 amide bonds. The minimum Gasteiger partial charge on any atom is -0.319 e. The third kappa shape index (κ3) is 2.88. The monoisotopic (exact) mass is 361 g/mol. The fourth-order valence-electron chi connectivity index (χ4n) is 2.25. The van der Waals surface area contributed by atoms with Crippen molar-refractivity contribution in [1.29, 1.82) is 0 Å². The van der Waals surface area contributed by atoms with Crippen molar-refractivity contribution in [2.24, 2.45) is 5.73 Å².